The van der Waals surface area contributed by atoms with E-state index in [-0.39, 0.29) is 0 Å². The van der Waals surface area contributed by atoms with E-state index in [1.54, 1.807) is 23.7 Å². The first kappa shape index (κ1) is 13.1. The van der Waals surface area contributed by atoms with Gasteiger partial charge in [0, 0.05) is 33.0 Å². The number of rotatable bonds is 6. The summed E-state index contributed by atoms with van der Waals surface area (Å²) < 4.78 is 6.66. The van der Waals surface area contributed by atoms with E-state index in [0.29, 0.717) is 6.61 Å². The summed E-state index contributed by atoms with van der Waals surface area (Å²) in [4.78, 5) is 6.70. The average molecular weight is 339 g/mol. The fraction of sp³-hybridized carbons (Fsp3) is 0.357. The van der Waals surface area contributed by atoms with Crippen LogP contribution in [0.25, 0.3) is 0 Å². The van der Waals surface area contributed by atoms with Gasteiger partial charge in [0.05, 0.1) is 6.20 Å². The lowest BCUT2D eigenvalue weighted by atomic mass is 10.4. The molecule has 1 fully saturated rings. The minimum atomic E-state index is 0.603. The standard InChI is InChI=1S/C14H15BrN2OS/c15-10-5-12(7-16-6-10)18-9-14-4-3-13(19-14)8-17-11-1-2-11/h3-7,11,17H,1-2,8-9H2. The molecule has 0 amide bonds. The van der Waals surface area contributed by atoms with Crippen LogP contribution in [0.4, 0.5) is 0 Å². The minimum absolute atomic E-state index is 0.603. The Kier molecular flexibility index (Phi) is 4.15. The molecule has 2 aromatic rings. The number of nitrogens with one attached hydrogen (secondary N) is 1. The number of thiophene rings is 1. The quantitative estimate of drug-likeness (QED) is 0.871. The van der Waals surface area contributed by atoms with Gasteiger partial charge < -0.3 is 10.1 Å². The topological polar surface area (TPSA) is 34.1 Å². The van der Waals surface area contributed by atoms with Crippen molar-refractivity contribution in [2.24, 2.45) is 0 Å². The van der Waals surface area contributed by atoms with Crippen LogP contribution in [0.3, 0.4) is 0 Å². The molecule has 0 radical (unpaired) electrons. The van der Waals surface area contributed by atoms with Crippen LogP contribution in [-0.2, 0) is 13.2 Å². The molecule has 2 heterocycles. The number of halogens is 1. The highest BCUT2D eigenvalue weighted by atomic mass is 79.9. The van der Waals surface area contributed by atoms with Gasteiger partial charge in [0.25, 0.3) is 0 Å². The maximum absolute atomic E-state index is 5.72. The summed E-state index contributed by atoms with van der Waals surface area (Å²) in [5.74, 6) is 0.792. The Morgan fingerprint density at radius 1 is 1.32 bits per heavy atom. The Labute approximate surface area is 125 Å². The summed E-state index contributed by atoms with van der Waals surface area (Å²) in [7, 11) is 0. The van der Waals surface area contributed by atoms with Crippen molar-refractivity contribution in [2.45, 2.75) is 32.0 Å². The third-order valence-corrected chi connectivity index (χ3v) is 4.41. The Morgan fingerprint density at radius 3 is 2.95 bits per heavy atom. The van der Waals surface area contributed by atoms with Gasteiger partial charge in [0.15, 0.2) is 0 Å². The van der Waals surface area contributed by atoms with Gasteiger partial charge in [-0.3, -0.25) is 4.98 Å². The van der Waals surface area contributed by atoms with Crippen LogP contribution < -0.4 is 10.1 Å². The average Bonchev–Trinajstić information content (AvgIpc) is 3.13. The molecule has 0 spiro atoms. The second-order valence-corrected chi connectivity index (χ2v) is 6.82. The van der Waals surface area contributed by atoms with Crippen LogP contribution in [0.5, 0.6) is 5.75 Å². The van der Waals surface area contributed by atoms with Crippen molar-refractivity contribution in [2.75, 3.05) is 0 Å². The van der Waals surface area contributed by atoms with Crippen molar-refractivity contribution in [1.29, 1.82) is 0 Å². The van der Waals surface area contributed by atoms with Crippen LogP contribution in [0, 0.1) is 0 Å². The van der Waals surface area contributed by atoms with Gasteiger partial charge in [0.2, 0.25) is 0 Å². The zero-order valence-corrected chi connectivity index (χ0v) is 12.8. The molecule has 100 valence electrons. The van der Waals surface area contributed by atoms with E-state index in [1.165, 1.54) is 22.6 Å². The number of pyridine rings is 1. The molecule has 1 aliphatic carbocycles. The smallest absolute Gasteiger partial charge is 0.139 e. The normalized spacial score (nSPS) is 14.6. The van der Waals surface area contributed by atoms with E-state index in [4.69, 9.17) is 4.74 Å². The van der Waals surface area contributed by atoms with Gasteiger partial charge >= 0.3 is 0 Å². The van der Waals surface area contributed by atoms with E-state index in [9.17, 15) is 0 Å². The van der Waals surface area contributed by atoms with Crippen LogP contribution in [0.15, 0.2) is 35.1 Å². The molecule has 0 atom stereocenters. The molecule has 0 saturated heterocycles. The maximum atomic E-state index is 5.72. The molecule has 1 N–H and O–H groups in total. The second kappa shape index (κ2) is 6.03. The number of hydrogen-bond donors (Lipinski definition) is 1. The van der Waals surface area contributed by atoms with Crippen LogP contribution >= 0.6 is 27.3 Å². The van der Waals surface area contributed by atoms with E-state index in [1.807, 2.05) is 6.07 Å². The molecule has 0 unspecified atom stereocenters. The molecule has 19 heavy (non-hydrogen) atoms. The molecule has 1 aliphatic rings. The third kappa shape index (κ3) is 4.03. The second-order valence-electron chi connectivity index (χ2n) is 4.65. The highest BCUT2D eigenvalue weighted by Crippen LogP contribution is 2.23. The number of hydrogen-bond acceptors (Lipinski definition) is 4. The van der Waals surface area contributed by atoms with Crippen molar-refractivity contribution in [3.8, 4) is 5.75 Å². The summed E-state index contributed by atoms with van der Waals surface area (Å²) in [5.41, 5.74) is 0. The van der Waals surface area contributed by atoms with Gasteiger partial charge in [-0.15, -0.1) is 11.3 Å². The van der Waals surface area contributed by atoms with Crippen LogP contribution in [0.1, 0.15) is 22.6 Å². The summed E-state index contributed by atoms with van der Waals surface area (Å²) in [6.07, 6.45) is 6.14. The van der Waals surface area contributed by atoms with Gasteiger partial charge in [-0.2, -0.15) is 0 Å². The number of nitrogens with zero attached hydrogens (tertiary/aromatic N) is 1. The molecule has 2 aromatic heterocycles. The Bertz CT molecular complexity index is 554. The first-order chi connectivity index (χ1) is 9.29. The first-order valence-corrected chi connectivity index (χ1v) is 7.95. The molecule has 3 rings (SSSR count). The lowest BCUT2D eigenvalue weighted by Gasteiger charge is -2.04. The van der Waals surface area contributed by atoms with Gasteiger partial charge in [-0.25, -0.2) is 0 Å². The molecule has 0 bridgehead atoms. The van der Waals surface area contributed by atoms with Gasteiger partial charge in [-0.05, 0) is 47.0 Å². The van der Waals surface area contributed by atoms with Crippen molar-refractivity contribution >= 4 is 27.3 Å². The maximum Gasteiger partial charge on any atom is 0.139 e. The Hall–Kier alpha value is -0.910. The zero-order chi connectivity index (χ0) is 13.1. The monoisotopic (exact) mass is 338 g/mol. The van der Waals surface area contributed by atoms with Crippen molar-refractivity contribution < 1.29 is 4.74 Å². The van der Waals surface area contributed by atoms with E-state index >= 15 is 0 Å². The van der Waals surface area contributed by atoms with E-state index in [0.717, 1.165) is 22.8 Å². The molecule has 0 aliphatic heterocycles. The summed E-state index contributed by atoms with van der Waals surface area (Å²) in [5, 5.41) is 3.52. The van der Waals surface area contributed by atoms with Crippen molar-refractivity contribution in [3.63, 3.8) is 0 Å². The van der Waals surface area contributed by atoms with Crippen molar-refractivity contribution in [3.05, 3.63) is 44.8 Å². The van der Waals surface area contributed by atoms with Crippen LogP contribution in [0.2, 0.25) is 0 Å². The minimum Gasteiger partial charge on any atom is -0.486 e. The summed E-state index contributed by atoms with van der Waals surface area (Å²) >= 11 is 5.19. The Morgan fingerprint density at radius 2 is 2.16 bits per heavy atom. The summed E-state index contributed by atoms with van der Waals surface area (Å²) in [6.45, 7) is 1.58. The number of aromatic nitrogens is 1. The third-order valence-electron chi connectivity index (χ3n) is 2.92. The largest absolute Gasteiger partial charge is 0.486 e. The van der Waals surface area contributed by atoms with Crippen molar-refractivity contribution in [1.82, 2.24) is 10.3 Å². The molecular formula is C14H15BrN2OS. The summed E-state index contributed by atoms with van der Waals surface area (Å²) in [6, 6.07) is 7.00. The fourth-order valence-corrected chi connectivity index (χ4v) is 2.98. The highest BCUT2D eigenvalue weighted by molar-refractivity contribution is 9.10. The molecule has 0 aromatic carbocycles. The molecular weight excluding hydrogens is 324 g/mol. The van der Waals surface area contributed by atoms with E-state index < -0.39 is 0 Å². The first-order valence-electron chi connectivity index (χ1n) is 6.34. The molecule has 5 heteroatoms. The molecule has 3 nitrogen and oxygen atoms in total. The predicted molar refractivity (Wildman–Crippen MR) is 80.4 cm³/mol. The van der Waals surface area contributed by atoms with Gasteiger partial charge in [-0.1, -0.05) is 0 Å². The zero-order valence-electron chi connectivity index (χ0n) is 10.4. The lowest BCUT2D eigenvalue weighted by molar-refractivity contribution is 0.308. The fourth-order valence-electron chi connectivity index (χ4n) is 1.75. The lowest BCUT2D eigenvalue weighted by Crippen LogP contribution is -2.14. The van der Waals surface area contributed by atoms with Gasteiger partial charge in [0.1, 0.15) is 12.4 Å². The Balaban J connectivity index is 1.51. The highest BCUT2D eigenvalue weighted by Gasteiger charge is 2.20. The SMILES string of the molecule is Brc1cncc(OCc2ccc(CNC3CC3)s2)c1. The van der Waals surface area contributed by atoms with Crippen LogP contribution in [-0.4, -0.2) is 11.0 Å². The number of ether oxygens (including phenoxy) is 1. The predicted octanol–water partition coefficient (Wildman–Crippen LogP) is 3.74. The molecule has 1 saturated carbocycles. The van der Waals surface area contributed by atoms with E-state index in [2.05, 4.69) is 38.4 Å².